The molecule has 3 N–H and O–H groups in total. The van der Waals surface area contributed by atoms with E-state index in [1.807, 2.05) is 13.8 Å². The van der Waals surface area contributed by atoms with Crippen molar-refractivity contribution >= 4 is 28.9 Å². The summed E-state index contributed by atoms with van der Waals surface area (Å²) >= 11 is 0. The molecular formula is C18H20FN3O2. The van der Waals surface area contributed by atoms with Crippen LogP contribution in [0.3, 0.4) is 0 Å². The Hall–Kier alpha value is -2.89. The monoisotopic (exact) mass is 329 g/mol. The molecule has 0 unspecified atom stereocenters. The first-order valence-electron chi connectivity index (χ1n) is 7.65. The quantitative estimate of drug-likeness (QED) is 0.760. The van der Waals surface area contributed by atoms with Gasteiger partial charge in [0.25, 0.3) is 0 Å². The Morgan fingerprint density at radius 2 is 1.71 bits per heavy atom. The molecule has 2 rings (SSSR count). The zero-order valence-electron chi connectivity index (χ0n) is 13.6. The molecule has 0 saturated heterocycles. The molecule has 0 atom stereocenters. The molecule has 0 aliphatic carbocycles. The molecule has 6 heteroatoms. The van der Waals surface area contributed by atoms with Crippen LogP contribution in [-0.4, -0.2) is 18.4 Å². The Bertz CT molecular complexity index is 732. The molecular weight excluding hydrogens is 309 g/mol. The van der Waals surface area contributed by atoms with Gasteiger partial charge < -0.3 is 16.0 Å². The SMILES string of the molecule is CC(C)C(=O)Nc1cccc(NCC(=O)Nc2ccccc2F)c1. The van der Waals surface area contributed by atoms with Crippen LogP contribution in [0.2, 0.25) is 0 Å². The van der Waals surface area contributed by atoms with Crippen LogP contribution in [0.5, 0.6) is 0 Å². The first-order chi connectivity index (χ1) is 11.5. The summed E-state index contributed by atoms with van der Waals surface area (Å²) in [6, 6.07) is 13.0. The van der Waals surface area contributed by atoms with E-state index in [1.165, 1.54) is 12.1 Å². The molecule has 24 heavy (non-hydrogen) atoms. The van der Waals surface area contributed by atoms with Crippen LogP contribution < -0.4 is 16.0 Å². The van der Waals surface area contributed by atoms with E-state index >= 15 is 0 Å². The van der Waals surface area contributed by atoms with E-state index < -0.39 is 5.82 Å². The summed E-state index contributed by atoms with van der Waals surface area (Å²) < 4.78 is 13.5. The normalized spacial score (nSPS) is 10.3. The van der Waals surface area contributed by atoms with Crippen molar-refractivity contribution in [3.63, 3.8) is 0 Å². The number of carbonyl (C=O) groups excluding carboxylic acids is 2. The van der Waals surface area contributed by atoms with Crippen LogP contribution in [0.4, 0.5) is 21.5 Å². The van der Waals surface area contributed by atoms with Crippen LogP contribution in [0.15, 0.2) is 48.5 Å². The van der Waals surface area contributed by atoms with Crippen molar-refractivity contribution in [1.29, 1.82) is 0 Å². The summed E-state index contributed by atoms with van der Waals surface area (Å²) in [5.41, 5.74) is 1.47. The highest BCUT2D eigenvalue weighted by Crippen LogP contribution is 2.16. The smallest absolute Gasteiger partial charge is 0.243 e. The summed E-state index contributed by atoms with van der Waals surface area (Å²) in [5, 5.41) is 8.22. The van der Waals surface area contributed by atoms with E-state index in [-0.39, 0.29) is 30.0 Å². The van der Waals surface area contributed by atoms with Crippen molar-refractivity contribution in [3.05, 3.63) is 54.3 Å². The molecule has 2 aromatic carbocycles. The topological polar surface area (TPSA) is 70.2 Å². The lowest BCUT2D eigenvalue weighted by Gasteiger charge is -2.11. The van der Waals surface area contributed by atoms with E-state index in [0.29, 0.717) is 11.4 Å². The van der Waals surface area contributed by atoms with Crippen molar-refractivity contribution in [3.8, 4) is 0 Å². The number of hydrogen-bond acceptors (Lipinski definition) is 3. The van der Waals surface area contributed by atoms with Gasteiger partial charge in [-0.25, -0.2) is 4.39 Å². The van der Waals surface area contributed by atoms with Crippen LogP contribution in [0.25, 0.3) is 0 Å². The van der Waals surface area contributed by atoms with Gasteiger partial charge >= 0.3 is 0 Å². The molecule has 2 aromatic rings. The van der Waals surface area contributed by atoms with E-state index in [1.54, 1.807) is 36.4 Å². The second kappa shape index (κ2) is 8.10. The third kappa shape index (κ3) is 5.08. The second-order valence-corrected chi connectivity index (χ2v) is 5.61. The van der Waals surface area contributed by atoms with Gasteiger partial charge in [-0.1, -0.05) is 32.0 Å². The summed E-state index contributed by atoms with van der Waals surface area (Å²) in [4.78, 5) is 23.6. The third-order valence-electron chi connectivity index (χ3n) is 3.26. The highest BCUT2D eigenvalue weighted by Gasteiger charge is 2.08. The van der Waals surface area contributed by atoms with Crippen molar-refractivity contribution < 1.29 is 14.0 Å². The van der Waals surface area contributed by atoms with Crippen molar-refractivity contribution in [2.75, 3.05) is 22.5 Å². The summed E-state index contributed by atoms with van der Waals surface area (Å²) in [5.74, 6) is -1.04. The molecule has 126 valence electrons. The van der Waals surface area contributed by atoms with Crippen LogP contribution >= 0.6 is 0 Å². The molecule has 0 bridgehead atoms. The van der Waals surface area contributed by atoms with Crippen LogP contribution in [0.1, 0.15) is 13.8 Å². The number of para-hydroxylation sites is 1. The molecule has 0 radical (unpaired) electrons. The Morgan fingerprint density at radius 1 is 1.00 bits per heavy atom. The van der Waals surface area contributed by atoms with E-state index in [4.69, 9.17) is 0 Å². The minimum Gasteiger partial charge on any atom is -0.376 e. The van der Waals surface area contributed by atoms with Crippen LogP contribution in [-0.2, 0) is 9.59 Å². The zero-order valence-corrected chi connectivity index (χ0v) is 13.6. The number of rotatable bonds is 6. The van der Waals surface area contributed by atoms with Crippen molar-refractivity contribution in [2.24, 2.45) is 5.92 Å². The average Bonchev–Trinajstić information content (AvgIpc) is 2.55. The molecule has 0 aromatic heterocycles. The third-order valence-corrected chi connectivity index (χ3v) is 3.26. The Kier molecular flexibility index (Phi) is 5.89. The standard InChI is InChI=1S/C18H20FN3O2/c1-12(2)18(24)21-14-7-5-6-13(10-14)20-11-17(23)22-16-9-4-3-8-15(16)19/h3-10,12,20H,11H2,1-2H3,(H,21,24)(H,22,23). The fourth-order valence-corrected chi connectivity index (χ4v) is 1.93. The fourth-order valence-electron chi connectivity index (χ4n) is 1.93. The highest BCUT2D eigenvalue weighted by molar-refractivity contribution is 5.94. The van der Waals surface area contributed by atoms with Gasteiger partial charge in [0.1, 0.15) is 5.82 Å². The first kappa shape index (κ1) is 17.5. The van der Waals surface area contributed by atoms with Gasteiger partial charge in [0.15, 0.2) is 0 Å². The lowest BCUT2D eigenvalue weighted by Crippen LogP contribution is -2.22. The predicted octanol–water partition coefficient (Wildman–Crippen LogP) is 3.47. The Morgan fingerprint density at radius 3 is 2.42 bits per heavy atom. The van der Waals surface area contributed by atoms with E-state index in [9.17, 15) is 14.0 Å². The number of nitrogens with one attached hydrogen (secondary N) is 3. The zero-order chi connectivity index (χ0) is 17.5. The Balaban J connectivity index is 1.91. The predicted molar refractivity (Wildman–Crippen MR) is 93.4 cm³/mol. The van der Waals surface area contributed by atoms with Gasteiger partial charge in [-0.3, -0.25) is 9.59 Å². The lowest BCUT2D eigenvalue weighted by atomic mass is 10.2. The van der Waals surface area contributed by atoms with Gasteiger partial charge in [-0.2, -0.15) is 0 Å². The number of anilines is 3. The van der Waals surface area contributed by atoms with Gasteiger partial charge in [-0.05, 0) is 30.3 Å². The number of benzene rings is 2. The highest BCUT2D eigenvalue weighted by atomic mass is 19.1. The maximum absolute atomic E-state index is 13.5. The summed E-state index contributed by atoms with van der Waals surface area (Å²) in [7, 11) is 0. The number of halogens is 1. The maximum Gasteiger partial charge on any atom is 0.243 e. The van der Waals surface area contributed by atoms with Crippen molar-refractivity contribution in [1.82, 2.24) is 0 Å². The number of hydrogen-bond donors (Lipinski definition) is 3. The lowest BCUT2D eigenvalue weighted by molar-refractivity contribution is -0.119. The molecule has 0 spiro atoms. The van der Waals surface area contributed by atoms with Crippen LogP contribution in [0, 0.1) is 11.7 Å². The molecule has 2 amide bonds. The molecule has 0 heterocycles. The van der Waals surface area contributed by atoms with Crippen molar-refractivity contribution in [2.45, 2.75) is 13.8 Å². The average molecular weight is 329 g/mol. The summed E-state index contributed by atoms with van der Waals surface area (Å²) in [6.45, 7) is 3.60. The fraction of sp³-hybridized carbons (Fsp3) is 0.222. The minimum absolute atomic E-state index is 0.0179. The second-order valence-electron chi connectivity index (χ2n) is 5.61. The minimum atomic E-state index is -0.482. The van der Waals surface area contributed by atoms with E-state index in [2.05, 4.69) is 16.0 Å². The van der Waals surface area contributed by atoms with Gasteiger partial charge in [-0.15, -0.1) is 0 Å². The molecule has 0 aliphatic rings. The molecule has 0 aliphatic heterocycles. The molecule has 0 saturated carbocycles. The number of carbonyl (C=O) groups is 2. The van der Waals surface area contributed by atoms with Gasteiger partial charge in [0.2, 0.25) is 11.8 Å². The van der Waals surface area contributed by atoms with Gasteiger partial charge in [0.05, 0.1) is 12.2 Å². The van der Waals surface area contributed by atoms with E-state index in [0.717, 1.165) is 0 Å². The molecule has 0 fully saturated rings. The largest absolute Gasteiger partial charge is 0.376 e. The Labute approximate surface area is 140 Å². The number of amides is 2. The maximum atomic E-state index is 13.5. The first-order valence-corrected chi connectivity index (χ1v) is 7.65. The summed E-state index contributed by atoms with van der Waals surface area (Å²) in [6.07, 6.45) is 0. The molecule has 5 nitrogen and oxygen atoms in total. The van der Waals surface area contributed by atoms with Gasteiger partial charge in [0, 0.05) is 17.3 Å².